The van der Waals surface area contributed by atoms with Crippen molar-refractivity contribution in [1.82, 2.24) is 4.98 Å². The second kappa shape index (κ2) is 5.29. The third kappa shape index (κ3) is 2.42. The molecule has 6 nitrogen and oxygen atoms in total. The lowest BCUT2D eigenvalue weighted by Gasteiger charge is -2.21. The molecule has 1 aliphatic heterocycles. The molecule has 1 fully saturated rings. The van der Waals surface area contributed by atoms with E-state index < -0.39 is 4.92 Å². The van der Waals surface area contributed by atoms with E-state index in [1.807, 2.05) is 13.0 Å². The first-order chi connectivity index (χ1) is 10.1. The Labute approximate surface area is 122 Å². The topological polar surface area (TPSA) is 79.5 Å². The maximum Gasteiger partial charge on any atom is 0.295 e. The third-order valence-electron chi connectivity index (χ3n) is 4.17. The summed E-state index contributed by atoms with van der Waals surface area (Å²) in [5.41, 5.74) is 1.40. The number of rotatable bonds is 3. The van der Waals surface area contributed by atoms with E-state index in [0.717, 1.165) is 30.6 Å². The van der Waals surface area contributed by atoms with E-state index >= 15 is 0 Å². The first kappa shape index (κ1) is 13.8. The fraction of sp³-hybridized carbons (Fsp3) is 0.400. The van der Waals surface area contributed by atoms with Crippen LogP contribution in [0.2, 0.25) is 0 Å². The van der Waals surface area contributed by atoms with Gasteiger partial charge in [0.05, 0.1) is 11.0 Å². The Morgan fingerprint density at radius 2 is 2.29 bits per heavy atom. The number of fused-ring (bicyclic) bond motifs is 1. The number of pyridine rings is 1. The third-order valence-corrected chi connectivity index (χ3v) is 4.17. The first-order valence-electron chi connectivity index (χ1n) is 7.03. The number of aliphatic hydroxyl groups excluding tert-OH is 1. The Morgan fingerprint density at radius 3 is 2.95 bits per heavy atom. The first-order valence-corrected chi connectivity index (χ1v) is 7.03. The van der Waals surface area contributed by atoms with Crippen molar-refractivity contribution in [3.8, 4) is 0 Å². The summed E-state index contributed by atoms with van der Waals surface area (Å²) in [5.74, 6) is 0.243. The Hall–Kier alpha value is -2.21. The van der Waals surface area contributed by atoms with E-state index in [9.17, 15) is 15.2 Å². The standard InChI is InChI=1S/C15H17N3O3/c1-10(19)11-6-8-17(9-11)13-4-5-14(18(20)21)15-12(13)3-2-7-16-15/h2-5,7,10-11,19H,6,8-9H2,1H3. The van der Waals surface area contributed by atoms with Crippen LogP contribution in [0.3, 0.4) is 0 Å². The van der Waals surface area contributed by atoms with Crippen LogP contribution in [-0.4, -0.2) is 34.2 Å². The van der Waals surface area contributed by atoms with Crippen LogP contribution in [0.1, 0.15) is 13.3 Å². The quantitative estimate of drug-likeness (QED) is 0.692. The number of anilines is 1. The summed E-state index contributed by atoms with van der Waals surface area (Å²) in [6, 6.07) is 6.95. The van der Waals surface area contributed by atoms with Crippen molar-refractivity contribution in [2.45, 2.75) is 19.4 Å². The molecule has 0 saturated carbocycles. The van der Waals surface area contributed by atoms with Crippen molar-refractivity contribution in [3.05, 3.63) is 40.6 Å². The number of nitro groups is 1. The highest BCUT2D eigenvalue weighted by molar-refractivity contribution is 5.97. The number of non-ortho nitro benzene ring substituents is 1. The zero-order chi connectivity index (χ0) is 15.0. The molecule has 0 bridgehead atoms. The van der Waals surface area contributed by atoms with Gasteiger partial charge in [-0.15, -0.1) is 0 Å². The van der Waals surface area contributed by atoms with E-state index in [0.29, 0.717) is 5.52 Å². The largest absolute Gasteiger partial charge is 0.393 e. The van der Waals surface area contributed by atoms with Crippen LogP contribution in [0.4, 0.5) is 11.4 Å². The van der Waals surface area contributed by atoms with E-state index in [4.69, 9.17) is 0 Å². The molecular weight excluding hydrogens is 270 g/mol. The van der Waals surface area contributed by atoms with E-state index in [-0.39, 0.29) is 17.7 Å². The number of benzene rings is 1. The Balaban J connectivity index is 2.05. The summed E-state index contributed by atoms with van der Waals surface area (Å²) in [6.45, 7) is 3.42. The molecule has 1 aliphatic rings. The maximum absolute atomic E-state index is 11.1. The van der Waals surface area contributed by atoms with Crippen LogP contribution in [0.15, 0.2) is 30.5 Å². The van der Waals surface area contributed by atoms with Gasteiger partial charge < -0.3 is 10.0 Å². The number of nitrogens with zero attached hydrogens (tertiary/aromatic N) is 3. The van der Waals surface area contributed by atoms with E-state index in [1.54, 1.807) is 18.3 Å². The summed E-state index contributed by atoms with van der Waals surface area (Å²) in [6.07, 6.45) is 2.16. The number of aliphatic hydroxyl groups is 1. The van der Waals surface area contributed by atoms with Crippen LogP contribution in [0.25, 0.3) is 10.9 Å². The van der Waals surface area contributed by atoms with Crippen molar-refractivity contribution in [3.63, 3.8) is 0 Å². The molecule has 110 valence electrons. The highest BCUT2D eigenvalue weighted by atomic mass is 16.6. The number of nitro benzene ring substituents is 1. The van der Waals surface area contributed by atoms with Crippen LogP contribution in [0.5, 0.6) is 0 Å². The normalized spacial score (nSPS) is 19.9. The minimum Gasteiger partial charge on any atom is -0.393 e. The zero-order valence-electron chi connectivity index (χ0n) is 11.8. The van der Waals surface area contributed by atoms with Crippen molar-refractivity contribution in [2.24, 2.45) is 5.92 Å². The van der Waals surface area contributed by atoms with Crippen LogP contribution >= 0.6 is 0 Å². The molecule has 21 heavy (non-hydrogen) atoms. The van der Waals surface area contributed by atoms with Gasteiger partial charge in [-0.1, -0.05) is 0 Å². The molecule has 2 heterocycles. The molecule has 1 N–H and O–H groups in total. The second-order valence-electron chi connectivity index (χ2n) is 5.50. The monoisotopic (exact) mass is 287 g/mol. The highest BCUT2D eigenvalue weighted by Crippen LogP contribution is 2.35. The minimum atomic E-state index is -0.401. The predicted octanol–water partition coefficient (Wildman–Crippen LogP) is 2.35. The lowest BCUT2D eigenvalue weighted by atomic mass is 10.0. The lowest BCUT2D eigenvalue weighted by molar-refractivity contribution is -0.383. The molecule has 1 saturated heterocycles. The average molecular weight is 287 g/mol. The average Bonchev–Trinajstić information content (AvgIpc) is 2.95. The summed E-state index contributed by atoms with van der Waals surface area (Å²) in [4.78, 5) is 17.0. The molecule has 2 atom stereocenters. The molecule has 1 aromatic carbocycles. The zero-order valence-corrected chi connectivity index (χ0v) is 11.8. The van der Waals surface area contributed by atoms with Gasteiger partial charge >= 0.3 is 0 Å². The predicted molar refractivity (Wildman–Crippen MR) is 80.4 cm³/mol. The molecule has 3 rings (SSSR count). The molecule has 2 aromatic rings. The number of hydrogen-bond donors (Lipinski definition) is 1. The van der Waals surface area contributed by atoms with E-state index in [1.165, 1.54) is 6.07 Å². The molecule has 0 amide bonds. The van der Waals surface area contributed by atoms with Gasteiger partial charge in [-0.25, -0.2) is 4.98 Å². The Morgan fingerprint density at radius 1 is 1.48 bits per heavy atom. The van der Waals surface area contributed by atoms with Crippen molar-refractivity contribution in [1.29, 1.82) is 0 Å². The summed E-state index contributed by atoms with van der Waals surface area (Å²) in [7, 11) is 0. The van der Waals surface area contributed by atoms with Crippen molar-refractivity contribution in [2.75, 3.05) is 18.0 Å². The summed E-state index contributed by atoms with van der Waals surface area (Å²) < 4.78 is 0. The molecular formula is C15H17N3O3. The molecule has 0 aliphatic carbocycles. The molecule has 6 heteroatoms. The Bertz CT molecular complexity index is 687. The number of hydrogen-bond acceptors (Lipinski definition) is 5. The lowest BCUT2D eigenvalue weighted by Crippen LogP contribution is -2.24. The Kier molecular flexibility index (Phi) is 3.47. The van der Waals surface area contributed by atoms with Gasteiger partial charge in [0.1, 0.15) is 5.52 Å². The number of aromatic nitrogens is 1. The van der Waals surface area contributed by atoms with Gasteiger partial charge in [0.2, 0.25) is 0 Å². The van der Waals surface area contributed by atoms with Crippen LogP contribution in [-0.2, 0) is 0 Å². The van der Waals surface area contributed by atoms with Gasteiger partial charge in [-0.3, -0.25) is 10.1 Å². The molecule has 0 spiro atoms. The van der Waals surface area contributed by atoms with Gasteiger partial charge in [0, 0.05) is 42.3 Å². The smallest absolute Gasteiger partial charge is 0.295 e. The SMILES string of the molecule is CC(O)C1CCN(c2ccc([N+](=O)[O-])c3ncccc23)C1. The van der Waals surface area contributed by atoms with Gasteiger partial charge in [-0.05, 0) is 31.5 Å². The fourth-order valence-corrected chi connectivity index (χ4v) is 2.97. The van der Waals surface area contributed by atoms with E-state index in [2.05, 4.69) is 9.88 Å². The van der Waals surface area contributed by atoms with Crippen LogP contribution < -0.4 is 4.90 Å². The summed E-state index contributed by atoms with van der Waals surface area (Å²) >= 11 is 0. The summed E-state index contributed by atoms with van der Waals surface area (Å²) in [5, 5.41) is 21.6. The van der Waals surface area contributed by atoms with Crippen LogP contribution in [0, 0.1) is 16.0 Å². The van der Waals surface area contributed by atoms with Gasteiger partial charge in [0.25, 0.3) is 5.69 Å². The molecule has 2 unspecified atom stereocenters. The second-order valence-corrected chi connectivity index (χ2v) is 5.50. The molecule has 0 radical (unpaired) electrons. The minimum absolute atomic E-state index is 0.0284. The maximum atomic E-state index is 11.1. The highest BCUT2D eigenvalue weighted by Gasteiger charge is 2.28. The fourth-order valence-electron chi connectivity index (χ4n) is 2.97. The van der Waals surface area contributed by atoms with Gasteiger partial charge in [0.15, 0.2) is 0 Å². The van der Waals surface area contributed by atoms with Gasteiger partial charge in [-0.2, -0.15) is 0 Å². The molecule has 1 aromatic heterocycles. The van der Waals surface area contributed by atoms with Crippen molar-refractivity contribution < 1.29 is 10.0 Å². The van der Waals surface area contributed by atoms with Crippen molar-refractivity contribution >= 4 is 22.3 Å².